The number of ketones is 1. The molecule has 5 nitrogen and oxygen atoms in total. The first-order chi connectivity index (χ1) is 9.06. The van der Waals surface area contributed by atoms with Crippen LogP contribution in [-0.4, -0.2) is 58.7 Å². The number of methoxy groups -OCH3 is 1. The summed E-state index contributed by atoms with van der Waals surface area (Å²) in [6, 6.07) is 0.0613. The normalized spacial score (nSPS) is 20.8. The van der Waals surface area contributed by atoms with Crippen LogP contribution in [0.5, 0.6) is 5.75 Å². The second kappa shape index (κ2) is 5.96. The van der Waals surface area contributed by atoms with Gasteiger partial charge in [-0.2, -0.15) is 16.9 Å². The van der Waals surface area contributed by atoms with Crippen molar-refractivity contribution in [2.45, 2.75) is 25.9 Å². The molecule has 1 aliphatic heterocycles. The maximum Gasteiger partial charge on any atom is 0.202 e. The van der Waals surface area contributed by atoms with Crippen LogP contribution in [0.1, 0.15) is 30.4 Å². The van der Waals surface area contributed by atoms with E-state index in [2.05, 4.69) is 10.00 Å². The number of thioether (sulfide) groups is 1. The van der Waals surface area contributed by atoms with Crippen LogP contribution in [-0.2, 0) is 0 Å². The van der Waals surface area contributed by atoms with Gasteiger partial charge in [0.1, 0.15) is 5.69 Å². The van der Waals surface area contributed by atoms with Gasteiger partial charge in [0.15, 0.2) is 5.75 Å². The molecule has 0 radical (unpaired) electrons. The monoisotopic (exact) mass is 283 g/mol. The van der Waals surface area contributed by atoms with Gasteiger partial charge in [-0.3, -0.25) is 14.4 Å². The van der Waals surface area contributed by atoms with E-state index in [4.69, 9.17) is 4.74 Å². The number of hydrogen-bond acceptors (Lipinski definition) is 5. The van der Waals surface area contributed by atoms with Gasteiger partial charge < -0.3 is 4.74 Å². The number of carbonyl (C=O) groups is 1. The first-order valence-corrected chi connectivity index (χ1v) is 7.65. The molecule has 6 heteroatoms. The average Bonchev–Trinajstić information content (AvgIpc) is 2.82. The number of aromatic nitrogens is 2. The second-order valence-electron chi connectivity index (χ2n) is 5.04. The van der Waals surface area contributed by atoms with Gasteiger partial charge >= 0.3 is 0 Å². The predicted octanol–water partition coefficient (Wildman–Crippen LogP) is 1.70. The summed E-state index contributed by atoms with van der Waals surface area (Å²) >= 11 is 1.83. The van der Waals surface area contributed by atoms with Crippen LogP contribution in [0.4, 0.5) is 0 Å². The van der Waals surface area contributed by atoms with Gasteiger partial charge in [0.25, 0.3) is 0 Å². The van der Waals surface area contributed by atoms with Crippen molar-refractivity contribution in [3.63, 3.8) is 0 Å². The van der Waals surface area contributed by atoms with Crippen molar-refractivity contribution in [2.75, 3.05) is 32.2 Å². The zero-order chi connectivity index (χ0) is 14.0. The molecule has 1 fully saturated rings. The van der Waals surface area contributed by atoms with Gasteiger partial charge in [-0.05, 0) is 20.9 Å². The summed E-state index contributed by atoms with van der Waals surface area (Å²) in [7, 11) is 3.59. The fourth-order valence-corrected chi connectivity index (χ4v) is 3.45. The maximum atomic E-state index is 12.8. The van der Waals surface area contributed by atoms with Crippen LogP contribution in [0, 0.1) is 0 Å². The summed E-state index contributed by atoms with van der Waals surface area (Å²) < 4.78 is 7.05. The third kappa shape index (κ3) is 2.79. The van der Waals surface area contributed by atoms with Gasteiger partial charge in [0.2, 0.25) is 5.78 Å². The highest BCUT2D eigenvalue weighted by molar-refractivity contribution is 7.99. The number of carbonyl (C=O) groups excluding carboxylic acids is 1. The third-order valence-electron chi connectivity index (χ3n) is 3.40. The second-order valence-corrected chi connectivity index (χ2v) is 6.19. The molecule has 1 aromatic heterocycles. The molecule has 2 heterocycles. The van der Waals surface area contributed by atoms with Crippen molar-refractivity contribution in [3.05, 3.63) is 11.9 Å². The fraction of sp³-hybridized carbons (Fsp3) is 0.692. The number of nitrogens with zero attached hydrogens (tertiary/aromatic N) is 3. The van der Waals surface area contributed by atoms with Gasteiger partial charge in [-0.1, -0.05) is 0 Å². The maximum absolute atomic E-state index is 12.8. The molecule has 2 rings (SSSR count). The molecule has 0 bridgehead atoms. The van der Waals surface area contributed by atoms with E-state index < -0.39 is 0 Å². The first-order valence-electron chi connectivity index (χ1n) is 6.50. The Labute approximate surface area is 118 Å². The SMILES string of the molecule is COc1cnn(C(C)C)c1C(=O)C1CSCCN1C. The Morgan fingerprint density at radius 3 is 2.89 bits per heavy atom. The highest BCUT2D eigenvalue weighted by Gasteiger charge is 2.32. The summed E-state index contributed by atoms with van der Waals surface area (Å²) in [6.07, 6.45) is 1.63. The molecule has 0 N–H and O–H groups in total. The smallest absolute Gasteiger partial charge is 0.202 e. The summed E-state index contributed by atoms with van der Waals surface area (Å²) in [6.45, 7) is 4.98. The van der Waals surface area contributed by atoms with Crippen LogP contribution in [0.2, 0.25) is 0 Å². The Morgan fingerprint density at radius 1 is 1.58 bits per heavy atom. The average molecular weight is 283 g/mol. The largest absolute Gasteiger partial charge is 0.493 e. The van der Waals surface area contributed by atoms with Gasteiger partial charge in [0, 0.05) is 24.1 Å². The zero-order valence-corrected chi connectivity index (χ0v) is 12.7. The van der Waals surface area contributed by atoms with Crippen molar-refractivity contribution < 1.29 is 9.53 Å². The minimum absolute atomic E-state index is 0.0816. The Morgan fingerprint density at radius 2 is 2.32 bits per heavy atom. The van der Waals surface area contributed by atoms with E-state index in [1.807, 2.05) is 32.7 Å². The molecule has 0 aliphatic carbocycles. The van der Waals surface area contributed by atoms with E-state index >= 15 is 0 Å². The molecule has 0 spiro atoms. The van der Waals surface area contributed by atoms with Gasteiger partial charge in [0.05, 0.1) is 19.3 Å². The number of Topliss-reactive ketones (excluding diaryl/α,β-unsaturated/α-hetero) is 1. The lowest BCUT2D eigenvalue weighted by molar-refractivity contribution is 0.0858. The third-order valence-corrected chi connectivity index (χ3v) is 4.43. The molecule has 0 amide bonds. The molecule has 1 atom stereocenters. The quantitative estimate of drug-likeness (QED) is 0.787. The molecule has 0 aromatic carbocycles. The lowest BCUT2D eigenvalue weighted by Crippen LogP contribution is -2.45. The van der Waals surface area contributed by atoms with Crippen LogP contribution >= 0.6 is 11.8 Å². The van der Waals surface area contributed by atoms with Crippen molar-refractivity contribution in [3.8, 4) is 5.75 Å². The number of rotatable bonds is 4. The summed E-state index contributed by atoms with van der Waals surface area (Å²) in [5.74, 6) is 2.60. The van der Waals surface area contributed by atoms with E-state index in [1.54, 1.807) is 18.0 Å². The summed E-state index contributed by atoms with van der Waals surface area (Å²) in [5.41, 5.74) is 0.594. The van der Waals surface area contributed by atoms with Crippen LogP contribution in [0.15, 0.2) is 6.20 Å². The van der Waals surface area contributed by atoms with E-state index in [9.17, 15) is 4.79 Å². The first kappa shape index (κ1) is 14.4. The summed E-state index contributed by atoms with van der Waals surface area (Å²) in [5, 5.41) is 4.27. The molecule has 0 saturated carbocycles. The van der Waals surface area contributed by atoms with Crippen LogP contribution < -0.4 is 4.74 Å². The molecular formula is C13H21N3O2S. The van der Waals surface area contributed by atoms with Gasteiger partial charge in [-0.15, -0.1) is 0 Å². The van der Waals surface area contributed by atoms with E-state index in [1.165, 1.54) is 0 Å². The summed E-state index contributed by atoms with van der Waals surface area (Å²) in [4.78, 5) is 14.9. The zero-order valence-electron chi connectivity index (χ0n) is 11.9. The van der Waals surface area contributed by atoms with Crippen molar-refractivity contribution in [2.24, 2.45) is 0 Å². The van der Waals surface area contributed by atoms with Gasteiger partial charge in [-0.25, -0.2) is 0 Å². The number of hydrogen-bond donors (Lipinski definition) is 0. The van der Waals surface area contributed by atoms with Crippen molar-refractivity contribution in [1.29, 1.82) is 0 Å². The minimum Gasteiger partial charge on any atom is -0.493 e. The molecule has 19 heavy (non-hydrogen) atoms. The van der Waals surface area contributed by atoms with Crippen LogP contribution in [0.3, 0.4) is 0 Å². The Hall–Kier alpha value is -1.01. The lowest BCUT2D eigenvalue weighted by atomic mass is 10.1. The highest BCUT2D eigenvalue weighted by Crippen LogP contribution is 2.26. The predicted molar refractivity (Wildman–Crippen MR) is 77.2 cm³/mol. The molecule has 1 saturated heterocycles. The lowest BCUT2D eigenvalue weighted by Gasteiger charge is -2.31. The van der Waals surface area contributed by atoms with Crippen molar-refractivity contribution in [1.82, 2.24) is 14.7 Å². The Balaban J connectivity index is 2.34. The fourth-order valence-electron chi connectivity index (χ4n) is 2.24. The van der Waals surface area contributed by atoms with E-state index in [0.29, 0.717) is 11.4 Å². The Kier molecular flexibility index (Phi) is 4.52. The van der Waals surface area contributed by atoms with Crippen LogP contribution in [0.25, 0.3) is 0 Å². The molecule has 1 unspecified atom stereocenters. The number of ether oxygens (including phenoxy) is 1. The topological polar surface area (TPSA) is 47.4 Å². The Bertz CT molecular complexity index is 459. The van der Waals surface area contributed by atoms with E-state index in [-0.39, 0.29) is 17.9 Å². The molecule has 1 aliphatic rings. The van der Waals surface area contributed by atoms with Crippen molar-refractivity contribution >= 4 is 17.5 Å². The molecule has 106 valence electrons. The molecule has 1 aromatic rings. The standard InChI is InChI=1S/C13H21N3O2S/c1-9(2)16-12(11(18-4)7-14-16)13(17)10-8-19-6-5-15(10)3/h7,9-10H,5-6,8H2,1-4H3. The number of likely N-dealkylation sites (N-methyl/N-ethyl adjacent to an activating group) is 1. The minimum atomic E-state index is -0.0816. The van der Waals surface area contributed by atoms with E-state index in [0.717, 1.165) is 18.1 Å². The molecular weight excluding hydrogens is 262 g/mol. The highest BCUT2D eigenvalue weighted by atomic mass is 32.2.